The lowest BCUT2D eigenvalue weighted by atomic mass is 9.81. The molecule has 136 valence electrons. The Kier molecular flexibility index (Phi) is 7.15. The topological polar surface area (TPSA) is 20.2 Å². The van der Waals surface area contributed by atoms with E-state index in [1.807, 2.05) is 30.0 Å². The van der Waals surface area contributed by atoms with Crippen LogP contribution in [0.3, 0.4) is 0 Å². The first kappa shape index (κ1) is 20.1. The van der Waals surface area contributed by atoms with Gasteiger partial charge in [0, 0.05) is 4.90 Å². The quantitative estimate of drug-likeness (QED) is 0.534. The molecule has 2 aromatic carbocycles. The van der Waals surface area contributed by atoms with Crippen molar-refractivity contribution in [1.29, 1.82) is 0 Å². The molecule has 0 spiro atoms. The van der Waals surface area contributed by atoms with Crippen molar-refractivity contribution in [3.8, 4) is 0 Å². The van der Waals surface area contributed by atoms with E-state index in [0.29, 0.717) is 11.8 Å². The van der Waals surface area contributed by atoms with Crippen LogP contribution in [-0.4, -0.2) is 9.85 Å². The zero-order valence-corrected chi connectivity index (χ0v) is 17.0. The predicted molar refractivity (Wildman–Crippen MR) is 110 cm³/mol. The first-order chi connectivity index (χ1) is 11.8. The van der Waals surface area contributed by atoms with Crippen molar-refractivity contribution in [3.63, 3.8) is 0 Å². The normalized spacial score (nSPS) is 13.4. The van der Waals surface area contributed by atoms with E-state index in [9.17, 15) is 5.11 Å². The fourth-order valence-electron chi connectivity index (χ4n) is 3.61. The molecule has 0 amide bonds. The number of aliphatic hydroxyl groups excluding tert-OH is 1. The highest BCUT2D eigenvalue weighted by Crippen LogP contribution is 2.50. The number of aliphatic hydroxyl groups is 1. The van der Waals surface area contributed by atoms with Crippen LogP contribution >= 0.6 is 11.8 Å². The molecule has 0 aliphatic carbocycles. The molecule has 0 bridgehead atoms. The molecule has 1 N–H and O–H groups in total. The number of benzene rings is 2. The van der Waals surface area contributed by atoms with Crippen LogP contribution in [0, 0.1) is 18.8 Å². The average molecular weight is 357 g/mol. The van der Waals surface area contributed by atoms with Crippen molar-refractivity contribution in [2.75, 3.05) is 0 Å². The second-order valence-electron chi connectivity index (χ2n) is 7.99. The summed E-state index contributed by atoms with van der Waals surface area (Å²) in [5.41, 5.74) is 2.29. The van der Waals surface area contributed by atoms with Crippen LogP contribution in [0.15, 0.2) is 59.5 Å². The molecule has 1 unspecified atom stereocenters. The van der Waals surface area contributed by atoms with E-state index in [1.54, 1.807) is 0 Å². The van der Waals surface area contributed by atoms with Gasteiger partial charge in [-0.15, -0.1) is 11.8 Å². The number of aryl methyl sites for hydroxylation is 1. The maximum atomic E-state index is 11.4. The average Bonchev–Trinajstić information content (AvgIpc) is 2.56. The van der Waals surface area contributed by atoms with Gasteiger partial charge in [0.2, 0.25) is 0 Å². The summed E-state index contributed by atoms with van der Waals surface area (Å²) in [6.45, 7) is 11.1. The third-order valence-corrected chi connectivity index (χ3v) is 5.93. The van der Waals surface area contributed by atoms with E-state index >= 15 is 0 Å². The van der Waals surface area contributed by atoms with E-state index in [0.717, 1.165) is 18.4 Å². The summed E-state index contributed by atoms with van der Waals surface area (Å²) in [5, 5.41) is 11.4. The number of hydrogen-bond donors (Lipinski definition) is 1. The molecule has 0 aromatic heterocycles. The third-order valence-electron chi connectivity index (χ3n) is 4.46. The van der Waals surface area contributed by atoms with Crippen LogP contribution in [-0.2, 0) is 0 Å². The number of hydrogen-bond acceptors (Lipinski definition) is 2. The van der Waals surface area contributed by atoms with Gasteiger partial charge in [0.15, 0.2) is 0 Å². The summed E-state index contributed by atoms with van der Waals surface area (Å²) < 4.78 is -0.223. The lowest BCUT2D eigenvalue weighted by Crippen LogP contribution is -2.36. The third kappa shape index (κ3) is 5.62. The highest BCUT2D eigenvalue weighted by Gasteiger charge is 2.41. The molecule has 1 atom stereocenters. The molecule has 0 aliphatic rings. The lowest BCUT2D eigenvalue weighted by molar-refractivity contribution is 0.104. The summed E-state index contributed by atoms with van der Waals surface area (Å²) in [5.74, 6) is 1.05. The lowest BCUT2D eigenvalue weighted by Gasteiger charge is -2.40. The Morgan fingerprint density at radius 3 is 1.84 bits per heavy atom. The fourth-order valence-corrected chi connectivity index (χ4v) is 5.43. The zero-order chi connectivity index (χ0) is 18.4. The summed E-state index contributed by atoms with van der Waals surface area (Å²) in [4.78, 5) is 1.24. The van der Waals surface area contributed by atoms with Gasteiger partial charge in [-0.3, -0.25) is 0 Å². The molecular formula is C23H32OS. The minimum absolute atomic E-state index is 0.223. The standard InChI is InChI=1S/C23H32OS/c1-17(2)15-23(16-18(3)4,22(24)20-9-7-6-8-10-20)25-21-13-11-19(5)12-14-21/h6-14,17-18,22,24H,15-16H2,1-5H3. The van der Waals surface area contributed by atoms with Crippen molar-refractivity contribution < 1.29 is 5.11 Å². The van der Waals surface area contributed by atoms with Gasteiger partial charge in [0.1, 0.15) is 0 Å². The molecule has 2 rings (SSSR count). The van der Waals surface area contributed by atoms with E-state index in [2.05, 4.69) is 71.0 Å². The number of rotatable bonds is 8. The number of thioether (sulfide) groups is 1. The molecule has 0 saturated carbocycles. The van der Waals surface area contributed by atoms with Crippen LogP contribution in [0.1, 0.15) is 57.8 Å². The van der Waals surface area contributed by atoms with Gasteiger partial charge in [0.05, 0.1) is 10.9 Å². The maximum Gasteiger partial charge on any atom is 0.0940 e. The molecule has 0 saturated heterocycles. The fraction of sp³-hybridized carbons (Fsp3) is 0.478. The highest BCUT2D eigenvalue weighted by atomic mass is 32.2. The van der Waals surface area contributed by atoms with Crippen molar-refractivity contribution in [2.45, 2.75) is 63.2 Å². The molecule has 0 fully saturated rings. The van der Waals surface area contributed by atoms with Crippen molar-refractivity contribution >= 4 is 11.8 Å². The Morgan fingerprint density at radius 1 is 0.840 bits per heavy atom. The van der Waals surface area contributed by atoms with E-state index in [1.165, 1.54) is 10.5 Å². The van der Waals surface area contributed by atoms with Gasteiger partial charge in [-0.1, -0.05) is 75.7 Å². The Labute approximate surface area is 157 Å². The highest BCUT2D eigenvalue weighted by molar-refractivity contribution is 8.00. The van der Waals surface area contributed by atoms with Gasteiger partial charge in [-0.25, -0.2) is 0 Å². The summed E-state index contributed by atoms with van der Waals surface area (Å²) in [6, 6.07) is 18.8. The smallest absolute Gasteiger partial charge is 0.0940 e. The van der Waals surface area contributed by atoms with Gasteiger partial charge >= 0.3 is 0 Å². The van der Waals surface area contributed by atoms with Crippen LogP contribution < -0.4 is 0 Å². The van der Waals surface area contributed by atoms with E-state index < -0.39 is 6.10 Å². The minimum Gasteiger partial charge on any atom is -0.387 e. The second kappa shape index (κ2) is 8.91. The summed E-state index contributed by atoms with van der Waals surface area (Å²) in [6.07, 6.45) is 1.49. The first-order valence-corrected chi connectivity index (χ1v) is 10.1. The molecule has 0 radical (unpaired) electrons. The Balaban J connectivity index is 2.44. The second-order valence-corrected chi connectivity index (χ2v) is 9.48. The zero-order valence-electron chi connectivity index (χ0n) is 16.2. The largest absolute Gasteiger partial charge is 0.387 e. The molecular weight excluding hydrogens is 324 g/mol. The van der Waals surface area contributed by atoms with Gasteiger partial charge in [0.25, 0.3) is 0 Å². The Hall–Kier alpha value is -1.25. The van der Waals surface area contributed by atoms with Crippen LogP contribution in [0.5, 0.6) is 0 Å². The monoisotopic (exact) mass is 356 g/mol. The van der Waals surface area contributed by atoms with Gasteiger partial charge in [-0.2, -0.15) is 0 Å². The SMILES string of the molecule is Cc1ccc(SC(CC(C)C)(CC(C)C)C(O)c2ccccc2)cc1. The molecule has 1 nitrogen and oxygen atoms in total. The van der Waals surface area contributed by atoms with E-state index in [4.69, 9.17) is 0 Å². The van der Waals surface area contributed by atoms with Crippen molar-refractivity contribution in [2.24, 2.45) is 11.8 Å². The van der Waals surface area contributed by atoms with Gasteiger partial charge < -0.3 is 5.11 Å². The van der Waals surface area contributed by atoms with Crippen LogP contribution in [0.4, 0.5) is 0 Å². The Bertz CT molecular complexity index is 621. The van der Waals surface area contributed by atoms with Crippen molar-refractivity contribution in [1.82, 2.24) is 0 Å². The van der Waals surface area contributed by atoms with Gasteiger partial charge in [-0.05, 0) is 49.3 Å². The molecule has 0 heterocycles. The minimum atomic E-state index is -0.482. The maximum absolute atomic E-state index is 11.4. The summed E-state index contributed by atoms with van der Waals surface area (Å²) >= 11 is 1.85. The summed E-state index contributed by atoms with van der Waals surface area (Å²) in [7, 11) is 0. The van der Waals surface area contributed by atoms with Crippen LogP contribution in [0.25, 0.3) is 0 Å². The van der Waals surface area contributed by atoms with E-state index in [-0.39, 0.29) is 4.75 Å². The predicted octanol–water partition coefficient (Wildman–Crippen LogP) is 6.65. The first-order valence-electron chi connectivity index (χ1n) is 9.31. The van der Waals surface area contributed by atoms with Crippen molar-refractivity contribution in [3.05, 3.63) is 65.7 Å². The molecule has 2 aromatic rings. The Morgan fingerprint density at radius 2 is 1.36 bits per heavy atom. The van der Waals surface area contributed by atoms with Crippen LogP contribution in [0.2, 0.25) is 0 Å². The molecule has 0 aliphatic heterocycles. The molecule has 2 heteroatoms. The molecule has 25 heavy (non-hydrogen) atoms.